The second-order valence-electron chi connectivity index (χ2n) is 4.55. The number of amides is 2. The van der Waals surface area contributed by atoms with Crippen LogP contribution < -0.4 is 4.90 Å². The number of hydrogen-bond donors (Lipinski definition) is 0. The molecule has 0 spiro atoms. The van der Waals surface area contributed by atoms with Crippen LogP contribution in [0.25, 0.3) is 0 Å². The lowest BCUT2D eigenvalue weighted by atomic mass is 10.1. The summed E-state index contributed by atoms with van der Waals surface area (Å²) in [6.07, 6.45) is 3.43. The highest BCUT2D eigenvalue weighted by Crippen LogP contribution is 2.21. The van der Waals surface area contributed by atoms with Crippen LogP contribution in [0.3, 0.4) is 0 Å². The van der Waals surface area contributed by atoms with E-state index in [2.05, 4.69) is 9.97 Å². The molecule has 21 heavy (non-hydrogen) atoms. The van der Waals surface area contributed by atoms with Crippen molar-refractivity contribution in [2.24, 2.45) is 0 Å². The maximum Gasteiger partial charge on any atom is 0.231 e. The van der Waals surface area contributed by atoms with Crippen LogP contribution in [-0.2, 0) is 16.0 Å². The van der Waals surface area contributed by atoms with Crippen LogP contribution in [0.2, 0.25) is 5.02 Å². The molecule has 2 rings (SSSR count). The molecule has 5 nitrogen and oxygen atoms in total. The van der Waals surface area contributed by atoms with E-state index >= 15 is 0 Å². The number of rotatable bonds is 3. The quantitative estimate of drug-likeness (QED) is 0.874. The van der Waals surface area contributed by atoms with Crippen molar-refractivity contribution >= 4 is 29.2 Å². The molecular formula is C15H14ClN3O2. The summed E-state index contributed by atoms with van der Waals surface area (Å²) in [6, 6.07) is 7.33. The van der Waals surface area contributed by atoms with Crippen molar-refractivity contribution < 1.29 is 9.59 Å². The van der Waals surface area contributed by atoms with Gasteiger partial charge in [0.15, 0.2) is 0 Å². The first-order chi connectivity index (χ1) is 9.99. The normalized spacial score (nSPS) is 10.2. The van der Waals surface area contributed by atoms with Gasteiger partial charge in [0, 0.05) is 37.1 Å². The first-order valence-corrected chi connectivity index (χ1v) is 6.71. The van der Waals surface area contributed by atoms with Crippen LogP contribution in [0.15, 0.2) is 36.8 Å². The van der Waals surface area contributed by atoms with Crippen LogP contribution in [0.4, 0.5) is 5.82 Å². The summed E-state index contributed by atoms with van der Waals surface area (Å²) in [7, 11) is 0. The Bertz CT molecular complexity index is 657. The number of nitrogens with zero attached hydrogens (tertiary/aromatic N) is 3. The third kappa shape index (κ3) is 3.64. The molecule has 0 fully saturated rings. The lowest BCUT2D eigenvalue weighted by molar-refractivity contribution is -0.124. The van der Waals surface area contributed by atoms with E-state index in [1.54, 1.807) is 18.3 Å². The number of halogens is 1. The fraction of sp³-hybridized carbons (Fsp3) is 0.200. The van der Waals surface area contributed by atoms with Gasteiger partial charge in [-0.2, -0.15) is 0 Å². The summed E-state index contributed by atoms with van der Waals surface area (Å²) in [5, 5.41) is 0.650. The standard InChI is InChI=1S/C15H14ClN3O2/c1-10(20)19(11(2)21)15-13(8-17-9-18-15)7-12-3-5-14(16)6-4-12/h3-6,8-9H,7H2,1-2H3. The van der Waals surface area contributed by atoms with E-state index in [1.165, 1.54) is 20.2 Å². The zero-order valence-corrected chi connectivity index (χ0v) is 12.5. The predicted molar refractivity (Wildman–Crippen MR) is 80.1 cm³/mol. The zero-order valence-electron chi connectivity index (χ0n) is 11.7. The van der Waals surface area contributed by atoms with E-state index in [-0.39, 0.29) is 11.8 Å². The van der Waals surface area contributed by atoms with Gasteiger partial charge in [-0.05, 0) is 17.7 Å². The van der Waals surface area contributed by atoms with E-state index in [0.29, 0.717) is 22.8 Å². The molecule has 0 saturated heterocycles. The van der Waals surface area contributed by atoms with Gasteiger partial charge in [-0.25, -0.2) is 14.9 Å². The van der Waals surface area contributed by atoms with Crippen molar-refractivity contribution in [3.63, 3.8) is 0 Å². The lowest BCUT2D eigenvalue weighted by Crippen LogP contribution is -2.34. The Morgan fingerprint density at radius 3 is 2.33 bits per heavy atom. The second kappa shape index (κ2) is 6.45. The van der Waals surface area contributed by atoms with Gasteiger partial charge in [-0.3, -0.25) is 9.59 Å². The van der Waals surface area contributed by atoms with Gasteiger partial charge in [0.1, 0.15) is 12.1 Å². The van der Waals surface area contributed by atoms with Gasteiger partial charge >= 0.3 is 0 Å². The summed E-state index contributed by atoms with van der Waals surface area (Å²) < 4.78 is 0. The van der Waals surface area contributed by atoms with Crippen LogP contribution in [-0.4, -0.2) is 21.8 Å². The van der Waals surface area contributed by atoms with Crippen molar-refractivity contribution in [3.05, 3.63) is 52.9 Å². The second-order valence-corrected chi connectivity index (χ2v) is 4.98. The summed E-state index contributed by atoms with van der Waals surface area (Å²) in [4.78, 5) is 32.4. The Balaban J connectivity index is 2.38. The molecule has 0 unspecified atom stereocenters. The lowest BCUT2D eigenvalue weighted by Gasteiger charge is -2.18. The van der Waals surface area contributed by atoms with Crippen molar-refractivity contribution in [1.82, 2.24) is 9.97 Å². The number of carbonyl (C=O) groups excluding carboxylic acids is 2. The van der Waals surface area contributed by atoms with Crippen molar-refractivity contribution in [2.75, 3.05) is 4.90 Å². The SMILES string of the molecule is CC(=O)N(C(C)=O)c1ncncc1Cc1ccc(Cl)cc1. The zero-order chi connectivity index (χ0) is 15.4. The van der Waals surface area contributed by atoms with E-state index < -0.39 is 0 Å². The van der Waals surface area contributed by atoms with E-state index in [0.717, 1.165) is 10.5 Å². The van der Waals surface area contributed by atoms with Crippen molar-refractivity contribution in [2.45, 2.75) is 20.3 Å². The summed E-state index contributed by atoms with van der Waals surface area (Å²) in [5.74, 6) is -0.433. The number of imide groups is 1. The molecule has 1 aromatic carbocycles. The number of hydrogen-bond acceptors (Lipinski definition) is 4. The van der Waals surface area contributed by atoms with Crippen LogP contribution >= 0.6 is 11.6 Å². The minimum atomic E-state index is -0.376. The van der Waals surface area contributed by atoms with Gasteiger partial charge in [-0.1, -0.05) is 23.7 Å². The molecule has 0 atom stereocenters. The third-order valence-corrected chi connectivity index (χ3v) is 3.17. The van der Waals surface area contributed by atoms with Crippen LogP contribution in [0.1, 0.15) is 25.0 Å². The van der Waals surface area contributed by atoms with Gasteiger partial charge in [0.2, 0.25) is 11.8 Å². The van der Waals surface area contributed by atoms with E-state index in [1.807, 2.05) is 12.1 Å². The average Bonchev–Trinajstić information content (AvgIpc) is 2.42. The molecule has 0 aliphatic carbocycles. The Morgan fingerprint density at radius 2 is 1.76 bits per heavy atom. The summed E-state index contributed by atoms with van der Waals surface area (Å²) in [5.41, 5.74) is 1.69. The largest absolute Gasteiger partial charge is 0.274 e. The molecule has 1 aromatic heterocycles. The van der Waals surface area contributed by atoms with E-state index in [9.17, 15) is 9.59 Å². The number of benzene rings is 1. The van der Waals surface area contributed by atoms with Crippen molar-refractivity contribution in [1.29, 1.82) is 0 Å². The van der Waals surface area contributed by atoms with Crippen LogP contribution in [0.5, 0.6) is 0 Å². The van der Waals surface area contributed by atoms with Crippen LogP contribution in [0, 0.1) is 0 Å². The van der Waals surface area contributed by atoms with E-state index in [4.69, 9.17) is 11.6 Å². The van der Waals surface area contributed by atoms with Gasteiger partial charge in [0.25, 0.3) is 0 Å². The Labute approximate surface area is 127 Å². The molecule has 0 N–H and O–H groups in total. The smallest absolute Gasteiger partial charge is 0.231 e. The molecular weight excluding hydrogens is 290 g/mol. The third-order valence-electron chi connectivity index (χ3n) is 2.91. The maximum absolute atomic E-state index is 11.7. The monoisotopic (exact) mass is 303 g/mol. The molecule has 2 aromatic rings. The Hall–Kier alpha value is -2.27. The summed E-state index contributed by atoms with van der Waals surface area (Å²) >= 11 is 5.86. The molecule has 0 radical (unpaired) electrons. The van der Waals surface area contributed by atoms with Crippen molar-refractivity contribution in [3.8, 4) is 0 Å². The highest BCUT2D eigenvalue weighted by Gasteiger charge is 2.21. The molecule has 2 amide bonds. The van der Waals surface area contributed by atoms with Gasteiger partial charge in [0.05, 0.1) is 0 Å². The molecule has 1 heterocycles. The van der Waals surface area contributed by atoms with Gasteiger partial charge in [-0.15, -0.1) is 0 Å². The average molecular weight is 304 g/mol. The fourth-order valence-electron chi connectivity index (χ4n) is 2.02. The fourth-order valence-corrected chi connectivity index (χ4v) is 2.15. The first kappa shape index (κ1) is 15.1. The molecule has 0 aliphatic heterocycles. The molecule has 0 bridgehead atoms. The number of anilines is 1. The minimum Gasteiger partial charge on any atom is -0.274 e. The molecule has 0 aliphatic rings. The maximum atomic E-state index is 11.7. The number of carbonyl (C=O) groups is 2. The Morgan fingerprint density at radius 1 is 1.14 bits per heavy atom. The Kier molecular flexibility index (Phi) is 4.65. The minimum absolute atomic E-state index is 0.319. The number of aromatic nitrogens is 2. The molecule has 0 saturated carbocycles. The summed E-state index contributed by atoms with van der Waals surface area (Å²) in [6.45, 7) is 2.66. The predicted octanol–water partition coefficient (Wildman–Crippen LogP) is 2.62. The highest BCUT2D eigenvalue weighted by atomic mass is 35.5. The molecule has 6 heteroatoms. The van der Waals surface area contributed by atoms with Gasteiger partial charge < -0.3 is 0 Å². The highest BCUT2D eigenvalue weighted by molar-refractivity contribution is 6.30. The molecule has 108 valence electrons. The topological polar surface area (TPSA) is 63.2 Å². The first-order valence-electron chi connectivity index (χ1n) is 6.33.